The minimum absolute atomic E-state index is 0.0124. The highest BCUT2D eigenvalue weighted by Gasteiger charge is 2.37. The Hall–Kier alpha value is -3.13. The molecule has 1 aliphatic heterocycles. The molecule has 2 amide bonds. The molecule has 3 rings (SSSR count). The van der Waals surface area contributed by atoms with Crippen LogP contribution >= 0.6 is 0 Å². The number of anilines is 1. The van der Waals surface area contributed by atoms with E-state index in [4.69, 9.17) is 0 Å². The van der Waals surface area contributed by atoms with Crippen molar-refractivity contribution in [2.75, 3.05) is 18.0 Å². The summed E-state index contributed by atoms with van der Waals surface area (Å²) in [5, 5.41) is 9.27. The molecule has 1 aliphatic rings. The van der Waals surface area contributed by atoms with Crippen molar-refractivity contribution in [3.63, 3.8) is 0 Å². The Morgan fingerprint density at radius 2 is 1.88 bits per heavy atom. The summed E-state index contributed by atoms with van der Waals surface area (Å²) in [7, 11) is 0. The molecule has 1 heterocycles. The van der Waals surface area contributed by atoms with E-state index >= 15 is 0 Å². The number of para-hydroxylation sites is 1. The summed E-state index contributed by atoms with van der Waals surface area (Å²) in [5.41, 5.74) is 2.10. The molecule has 132 valence electrons. The fraction of sp³-hybridized carbons (Fsp3) is 0.286. The van der Waals surface area contributed by atoms with Crippen molar-refractivity contribution in [1.29, 1.82) is 5.26 Å². The molecule has 0 aliphatic carbocycles. The predicted molar refractivity (Wildman–Crippen MR) is 99.2 cm³/mol. The Balaban J connectivity index is 1.75. The third-order valence-corrected chi connectivity index (χ3v) is 4.70. The highest BCUT2D eigenvalue weighted by molar-refractivity contribution is 6.01. The first kappa shape index (κ1) is 17.7. The average molecular weight is 347 g/mol. The highest BCUT2D eigenvalue weighted by Crippen LogP contribution is 2.29. The maximum Gasteiger partial charge on any atom is 0.228 e. The van der Waals surface area contributed by atoms with E-state index in [-0.39, 0.29) is 24.2 Å². The number of rotatable bonds is 5. The molecule has 0 saturated carbocycles. The van der Waals surface area contributed by atoms with Gasteiger partial charge in [0.15, 0.2) is 0 Å². The molecular weight excluding hydrogens is 326 g/mol. The van der Waals surface area contributed by atoms with E-state index in [1.165, 1.54) is 0 Å². The van der Waals surface area contributed by atoms with Crippen LogP contribution < -0.4 is 4.90 Å². The van der Waals surface area contributed by atoms with Crippen LogP contribution in [-0.4, -0.2) is 29.8 Å². The van der Waals surface area contributed by atoms with Gasteiger partial charge in [0.1, 0.15) is 6.07 Å². The van der Waals surface area contributed by atoms with Crippen molar-refractivity contribution < 1.29 is 9.59 Å². The summed E-state index contributed by atoms with van der Waals surface area (Å²) >= 11 is 0. The van der Waals surface area contributed by atoms with E-state index in [2.05, 4.69) is 6.07 Å². The molecule has 1 unspecified atom stereocenters. The van der Waals surface area contributed by atoms with Gasteiger partial charge in [-0.1, -0.05) is 42.5 Å². The van der Waals surface area contributed by atoms with Crippen molar-refractivity contribution >= 4 is 17.5 Å². The molecule has 2 aromatic rings. The summed E-state index contributed by atoms with van der Waals surface area (Å²) in [6.07, 6.45) is 0.184. The molecule has 5 nitrogen and oxygen atoms in total. The van der Waals surface area contributed by atoms with Gasteiger partial charge in [-0.2, -0.15) is 5.26 Å². The van der Waals surface area contributed by atoms with E-state index in [0.717, 1.165) is 5.56 Å². The number of benzene rings is 2. The Kier molecular flexibility index (Phi) is 5.33. The van der Waals surface area contributed by atoms with Gasteiger partial charge in [0.25, 0.3) is 0 Å². The van der Waals surface area contributed by atoms with Gasteiger partial charge in [0.05, 0.1) is 17.2 Å². The van der Waals surface area contributed by atoms with E-state index in [9.17, 15) is 14.9 Å². The van der Waals surface area contributed by atoms with E-state index in [1.54, 1.807) is 34.1 Å². The topological polar surface area (TPSA) is 64.4 Å². The van der Waals surface area contributed by atoms with Gasteiger partial charge in [-0.05, 0) is 24.6 Å². The lowest BCUT2D eigenvalue weighted by atomic mass is 10.1. The molecule has 1 fully saturated rings. The Bertz CT molecular complexity index is 842. The summed E-state index contributed by atoms with van der Waals surface area (Å²) in [6, 6.07) is 19.0. The molecule has 1 saturated heterocycles. The Morgan fingerprint density at radius 3 is 2.58 bits per heavy atom. The molecule has 0 spiro atoms. The zero-order chi connectivity index (χ0) is 18.5. The van der Waals surface area contributed by atoms with E-state index in [0.29, 0.717) is 30.9 Å². The molecule has 0 aromatic heterocycles. The van der Waals surface area contributed by atoms with Crippen LogP contribution in [0.25, 0.3) is 0 Å². The van der Waals surface area contributed by atoms with Crippen LogP contribution in [0.5, 0.6) is 0 Å². The second-order valence-corrected chi connectivity index (χ2v) is 6.37. The molecule has 1 atom stereocenters. The van der Waals surface area contributed by atoms with Gasteiger partial charge >= 0.3 is 0 Å². The van der Waals surface area contributed by atoms with Gasteiger partial charge in [0.2, 0.25) is 11.8 Å². The first-order chi connectivity index (χ1) is 12.6. The second kappa shape index (κ2) is 7.83. The van der Waals surface area contributed by atoms with Gasteiger partial charge < -0.3 is 9.80 Å². The van der Waals surface area contributed by atoms with Crippen LogP contribution in [0.2, 0.25) is 0 Å². The molecule has 26 heavy (non-hydrogen) atoms. The van der Waals surface area contributed by atoms with Crippen molar-refractivity contribution in [3.8, 4) is 6.07 Å². The molecule has 0 N–H and O–H groups in total. The van der Waals surface area contributed by atoms with Crippen LogP contribution in [0.15, 0.2) is 54.6 Å². The third kappa shape index (κ3) is 3.60. The second-order valence-electron chi connectivity index (χ2n) is 6.37. The molecule has 2 aromatic carbocycles. The zero-order valence-corrected chi connectivity index (χ0v) is 14.8. The van der Waals surface area contributed by atoms with E-state index < -0.39 is 0 Å². The number of hydrogen-bond donors (Lipinski definition) is 0. The van der Waals surface area contributed by atoms with Crippen LogP contribution in [0, 0.1) is 17.2 Å². The third-order valence-electron chi connectivity index (χ3n) is 4.70. The fourth-order valence-electron chi connectivity index (χ4n) is 3.32. The summed E-state index contributed by atoms with van der Waals surface area (Å²) in [5.74, 6) is -0.499. The molecular formula is C21H21N3O2. The fourth-order valence-corrected chi connectivity index (χ4v) is 3.32. The summed E-state index contributed by atoms with van der Waals surface area (Å²) < 4.78 is 0. The van der Waals surface area contributed by atoms with Gasteiger partial charge in [-0.15, -0.1) is 0 Å². The zero-order valence-electron chi connectivity index (χ0n) is 14.8. The molecule has 0 bridgehead atoms. The van der Waals surface area contributed by atoms with E-state index in [1.807, 2.05) is 37.3 Å². The molecule has 5 heteroatoms. The highest BCUT2D eigenvalue weighted by atomic mass is 16.2. The number of nitrogens with zero attached hydrogens (tertiary/aromatic N) is 3. The number of amides is 2. The SMILES string of the molecule is CCN(Cc1ccccc1)C(=O)C1CC(=O)N(c2ccccc2C#N)C1. The van der Waals surface area contributed by atoms with Crippen molar-refractivity contribution in [2.24, 2.45) is 5.92 Å². The largest absolute Gasteiger partial charge is 0.338 e. The van der Waals surface area contributed by atoms with Gasteiger partial charge in [0, 0.05) is 26.1 Å². The lowest BCUT2D eigenvalue weighted by Crippen LogP contribution is -2.37. The first-order valence-electron chi connectivity index (χ1n) is 8.76. The average Bonchev–Trinajstić information content (AvgIpc) is 3.07. The number of carbonyl (C=O) groups is 2. The Labute approximate surface area is 153 Å². The standard InChI is InChI=1S/C21H21N3O2/c1-2-23(14-16-8-4-3-5-9-16)21(26)18-12-20(25)24(15-18)19-11-7-6-10-17(19)13-22/h3-11,18H,2,12,14-15H2,1H3. The van der Waals surface area contributed by atoms with Crippen molar-refractivity contribution in [2.45, 2.75) is 19.9 Å². The van der Waals surface area contributed by atoms with Crippen molar-refractivity contribution in [1.82, 2.24) is 4.90 Å². The predicted octanol–water partition coefficient (Wildman–Crippen LogP) is 2.96. The lowest BCUT2D eigenvalue weighted by molar-refractivity contribution is -0.136. The smallest absolute Gasteiger partial charge is 0.228 e. The van der Waals surface area contributed by atoms with Gasteiger partial charge in [-0.3, -0.25) is 9.59 Å². The number of hydrogen-bond acceptors (Lipinski definition) is 3. The Morgan fingerprint density at radius 1 is 1.19 bits per heavy atom. The van der Waals surface area contributed by atoms with Crippen molar-refractivity contribution in [3.05, 3.63) is 65.7 Å². The monoisotopic (exact) mass is 347 g/mol. The quantitative estimate of drug-likeness (QED) is 0.835. The summed E-state index contributed by atoms with van der Waals surface area (Å²) in [4.78, 5) is 28.8. The van der Waals surface area contributed by atoms with Crippen LogP contribution in [0.3, 0.4) is 0 Å². The normalized spacial score (nSPS) is 16.4. The molecule has 0 radical (unpaired) electrons. The van der Waals surface area contributed by atoms with Crippen LogP contribution in [0.1, 0.15) is 24.5 Å². The lowest BCUT2D eigenvalue weighted by Gasteiger charge is -2.24. The summed E-state index contributed by atoms with van der Waals surface area (Å²) in [6.45, 7) is 3.39. The van der Waals surface area contributed by atoms with Crippen LogP contribution in [-0.2, 0) is 16.1 Å². The minimum Gasteiger partial charge on any atom is -0.338 e. The van der Waals surface area contributed by atoms with Gasteiger partial charge in [-0.25, -0.2) is 0 Å². The minimum atomic E-state index is -0.377. The number of carbonyl (C=O) groups excluding carboxylic acids is 2. The maximum atomic E-state index is 12.9. The first-order valence-corrected chi connectivity index (χ1v) is 8.76. The maximum absolute atomic E-state index is 12.9. The van der Waals surface area contributed by atoms with Crippen LogP contribution in [0.4, 0.5) is 5.69 Å². The number of nitriles is 1.